The molecule has 2 aromatic carbocycles. The Morgan fingerprint density at radius 3 is 2.50 bits per heavy atom. The van der Waals surface area contributed by atoms with Gasteiger partial charge >= 0.3 is 5.97 Å². The number of aryl methyl sites for hydroxylation is 1. The van der Waals surface area contributed by atoms with Crippen LogP contribution in [0, 0.1) is 12.8 Å². The molecule has 1 aliphatic rings. The number of hydrogen-bond donors (Lipinski definition) is 2. The minimum absolute atomic E-state index is 0.127. The van der Waals surface area contributed by atoms with E-state index in [0.717, 1.165) is 53.2 Å². The van der Waals surface area contributed by atoms with E-state index in [1.165, 1.54) is 32.1 Å². The molecule has 40 heavy (non-hydrogen) atoms. The van der Waals surface area contributed by atoms with E-state index >= 15 is 0 Å². The van der Waals surface area contributed by atoms with Crippen LogP contribution in [0.3, 0.4) is 0 Å². The highest BCUT2D eigenvalue weighted by molar-refractivity contribution is 7.99. The second kappa shape index (κ2) is 17.1. The molecule has 0 saturated heterocycles. The zero-order valence-electron chi connectivity index (χ0n) is 24.6. The number of carbonyl (C=O) groups excluding carboxylic acids is 1. The zero-order valence-corrected chi connectivity index (χ0v) is 26.3. The standard InChI is InChI=1S/C33H47NO4S2/c1-5-6-19-40-33(38-24(3)21-25-13-8-7-9-14-25)26-16-17-28(29(22-26)27-15-11-10-12-23(27)2)31(35)34-30(32(36)37)18-20-39-4/h10-12,15-17,22,24-25,30,33H,5-9,13-14,18-21H2,1-4H3,(H,34,35)(H,36,37)/t24?,30-,33?/m0/s1. The monoisotopic (exact) mass is 585 g/mol. The van der Waals surface area contributed by atoms with Crippen LogP contribution in [0.15, 0.2) is 42.5 Å². The van der Waals surface area contributed by atoms with Crippen molar-refractivity contribution >= 4 is 35.4 Å². The Balaban J connectivity index is 1.93. The molecule has 2 aromatic rings. The third-order valence-corrected chi connectivity index (χ3v) is 9.58. The number of nitrogens with one attached hydrogen (secondary N) is 1. The second-order valence-electron chi connectivity index (χ2n) is 11.0. The predicted molar refractivity (Wildman–Crippen MR) is 170 cm³/mol. The molecule has 2 unspecified atom stereocenters. The number of hydrogen-bond acceptors (Lipinski definition) is 5. The summed E-state index contributed by atoms with van der Waals surface area (Å²) >= 11 is 3.40. The molecule has 1 aliphatic carbocycles. The Bertz CT molecular complexity index is 1090. The van der Waals surface area contributed by atoms with Crippen LogP contribution in [0.1, 0.15) is 98.6 Å². The van der Waals surface area contributed by atoms with Crippen molar-refractivity contribution in [2.24, 2.45) is 5.92 Å². The molecule has 0 aliphatic heterocycles. The molecule has 2 N–H and O–H groups in total. The molecule has 7 heteroatoms. The minimum atomic E-state index is -1.01. The number of benzene rings is 2. The van der Waals surface area contributed by atoms with Gasteiger partial charge in [0.2, 0.25) is 0 Å². The van der Waals surface area contributed by atoms with Gasteiger partial charge in [-0.05, 0) is 91.2 Å². The predicted octanol–water partition coefficient (Wildman–Crippen LogP) is 8.51. The lowest BCUT2D eigenvalue weighted by atomic mass is 9.85. The van der Waals surface area contributed by atoms with Gasteiger partial charge in [-0.1, -0.05) is 75.8 Å². The van der Waals surface area contributed by atoms with E-state index in [9.17, 15) is 14.7 Å². The molecule has 5 nitrogen and oxygen atoms in total. The van der Waals surface area contributed by atoms with Crippen molar-refractivity contribution in [3.63, 3.8) is 0 Å². The summed E-state index contributed by atoms with van der Waals surface area (Å²) in [5.74, 6) is 1.04. The summed E-state index contributed by atoms with van der Waals surface area (Å²) in [5, 5.41) is 12.5. The van der Waals surface area contributed by atoms with Crippen molar-refractivity contribution in [1.82, 2.24) is 5.32 Å². The number of carboxylic acid groups (broad SMARTS) is 1. The summed E-state index contributed by atoms with van der Waals surface area (Å²) < 4.78 is 6.73. The van der Waals surface area contributed by atoms with Crippen LogP contribution in [0.4, 0.5) is 0 Å². The highest BCUT2D eigenvalue weighted by Gasteiger charge is 2.25. The van der Waals surface area contributed by atoms with Crippen LogP contribution >= 0.6 is 23.5 Å². The van der Waals surface area contributed by atoms with Crippen molar-refractivity contribution in [2.45, 2.75) is 96.1 Å². The van der Waals surface area contributed by atoms with Crippen molar-refractivity contribution < 1.29 is 19.4 Å². The first-order valence-electron chi connectivity index (χ1n) is 14.8. The maximum absolute atomic E-state index is 13.5. The molecular weight excluding hydrogens is 539 g/mol. The summed E-state index contributed by atoms with van der Waals surface area (Å²) in [7, 11) is 0. The number of unbranched alkanes of at least 4 members (excludes halogenated alkanes) is 1. The second-order valence-corrected chi connectivity index (χ2v) is 13.2. The molecule has 1 saturated carbocycles. The topological polar surface area (TPSA) is 75.6 Å². The number of rotatable bonds is 16. The fourth-order valence-corrected chi connectivity index (χ4v) is 7.19. The third-order valence-electron chi connectivity index (χ3n) is 7.72. The van der Waals surface area contributed by atoms with Gasteiger partial charge in [-0.15, -0.1) is 11.8 Å². The Kier molecular flexibility index (Phi) is 13.9. The maximum atomic E-state index is 13.5. The normalized spacial score (nSPS) is 16.3. The molecule has 220 valence electrons. The van der Waals surface area contributed by atoms with E-state index in [-0.39, 0.29) is 17.4 Å². The SMILES string of the molecule is CCCCSC(OC(C)CC1CCCCC1)c1ccc(C(=O)N[C@@H](CCSC)C(=O)O)c(-c2ccccc2C)c1. The number of carboxylic acids is 1. The van der Waals surface area contributed by atoms with E-state index in [1.807, 2.05) is 61.3 Å². The average Bonchev–Trinajstić information content (AvgIpc) is 2.95. The molecule has 1 fully saturated rings. The van der Waals surface area contributed by atoms with E-state index in [1.54, 1.807) is 11.8 Å². The van der Waals surface area contributed by atoms with Crippen LogP contribution in [0.2, 0.25) is 0 Å². The summed E-state index contributed by atoms with van der Waals surface area (Å²) in [6.45, 7) is 6.44. The largest absolute Gasteiger partial charge is 0.480 e. The first-order valence-corrected chi connectivity index (χ1v) is 17.3. The number of thioether (sulfide) groups is 2. The average molecular weight is 586 g/mol. The smallest absolute Gasteiger partial charge is 0.326 e. The summed E-state index contributed by atoms with van der Waals surface area (Å²) in [6, 6.07) is 13.0. The fraction of sp³-hybridized carbons (Fsp3) is 0.576. The van der Waals surface area contributed by atoms with Gasteiger partial charge in [0.05, 0.1) is 6.10 Å². The van der Waals surface area contributed by atoms with Crippen LogP contribution in [0.25, 0.3) is 11.1 Å². The number of amides is 1. The lowest BCUT2D eigenvalue weighted by Gasteiger charge is -2.28. The summed E-state index contributed by atoms with van der Waals surface area (Å²) in [6.07, 6.45) is 12.4. The Hall–Kier alpha value is -1.96. The van der Waals surface area contributed by atoms with Crippen LogP contribution in [-0.2, 0) is 9.53 Å². The Labute approximate surface area is 249 Å². The molecule has 0 aromatic heterocycles. The first-order chi connectivity index (χ1) is 19.3. The van der Waals surface area contributed by atoms with Gasteiger partial charge in [0.1, 0.15) is 11.5 Å². The lowest BCUT2D eigenvalue weighted by Crippen LogP contribution is -2.41. The van der Waals surface area contributed by atoms with Crippen molar-refractivity contribution in [3.8, 4) is 11.1 Å². The van der Waals surface area contributed by atoms with E-state index in [4.69, 9.17) is 4.74 Å². The molecule has 1 amide bonds. The van der Waals surface area contributed by atoms with Gasteiger partial charge in [0.15, 0.2) is 0 Å². The quantitative estimate of drug-likeness (QED) is 0.152. The number of aliphatic carboxylic acids is 1. The Morgan fingerprint density at radius 2 is 1.82 bits per heavy atom. The number of ether oxygens (including phenoxy) is 1. The van der Waals surface area contributed by atoms with E-state index in [0.29, 0.717) is 17.7 Å². The van der Waals surface area contributed by atoms with Crippen molar-refractivity contribution in [2.75, 3.05) is 17.8 Å². The van der Waals surface area contributed by atoms with Gasteiger partial charge in [-0.3, -0.25) is 4.79 Å². The maximum Gasteiger partial charge on any atom is 0.326 e. The first kappa shape index (κ1) is 32.6. The molecule has 0 radical (unpaired) electrons. The highest BCUT2D eigenvalue weighted by atomic mass is 32.2. The molecular formula is C33H47NO4S2. The molecule has 0 heterocycles. The van der Waals surface area contributed by atoms with E-state index < -0.39 is 12.0 Å². The number of carbonyl (C=O) groups is 2. The van der Waals surface area contributed by atoms with Crippen LogP contribution in [0.5, 0.6) is 0 Å². The Morgan fingerprint density at radius 1 is 1.07 bits per heavy atom. The lowest BCUT2D eigenvalue weighted by molar-refractivity contribution is -0.139. The summed E-state index contributed by atoms with van der Waals surface area (Å²) in [4.78, 5) is 25.4. The van der Waals surface area contributed by atoms with Crippen molar-refractivity contribution in [1.29, 1.82) is 0 Å². The fourth-order valence-electron chi connectivity index (χ4n) is 5.44. The van der Waals surface area contributed by atoms with Crippen LogP contribution < -0.4 is 5.32 Å². The zero-order chi connectivity index (χ0) is 28.9. The summed E-state index contributed by atoms with van der Waals surface area (Å²) in [5.41, 5.74) is 4.25. The van der Waals surface area contributed by atoms with Gasteiger partial charge in [0.25, 0.3) is 5.91 Å². The van der Waals surface area contributed by atoms with Gasteiger partial charge < -0.3 is 15.2 Å². The van der Waals surface area contributed by atoms with Gasteiger partial charge in [-0.25, -0.2) is 4.79 Å². The third kappa shape index (κ3) is 9.85. The molecule has 3 rings (SSSR count). The van der Waals surface area contributed by atoms with E-state index in [2.05, 4.69) is 25.2 Å². The molecule has 3 atom stereocenters. The highest BCUT2D eigenvalue weighted by Crippen LogP contribution is 2.38. The molecule has 0 spiro atoms. The van der Waals surface area contributed by atoms with Crippen molar-refractivity contribution in [3.05, 3.63) is 59.2 Å². The molecule has 0 bridgehead atoms. The van der Waals surface area contributed by atoms with Crippen LogP contribution in [-0.4, -0.2) is 46.9 Å². The van der Waals surface area contributed by atoms with Gasteiger partial charge in [0, 0.05) is 5.56 Å². The minimum Gasteiger partial charge on any atom is -0.480 e. The van der Waals surface area contributed by atoms with Gasteiger partial charge in [-0.2, -0.15) is 11.8 Å².